The van der Waals surface area contributed by atoms with Crippen molar-refractivity contribution in [3.05, 3.63) is 68.6 Å². The van der Waals surface area contributed by atoms with Gasteiger partial charge in [-0.25, -0.2) is 0 Å². The maximum atomic E-state index is 12.7. The summed E-state index contributed by atoms with van der Waals surface area (Å²) >= 11 is 0. The highest BCUT2D eigenvalue weighted by Gasteiger charge is 2.21. The van der Waals surface area contributed by atoms with Gasteiger partial charge in [0, 0.05) is 5.56 Å². The van der Waals surface area contributed by atoms with E-state index in [1.165, 1.54) is 18.4 Å². The van der Waals surface area contributed by atoms with Crippen LogP contribution in [0.1, 0.15) is 5.56 Å². The number of aromatic hydroxyl groups is 1. The Morgan fingerprint density at radius 2 is 1.82 bits per heavy atom. The summed E-state index contributed by atoms with van der Waals surface area (Å²) in [5.74, 6) is 0.0655. The molecule has 0 spiro atoms. The Hall–Kier alpha value is -3.15. The Morgan fingerprint density at radius 1 is 1.14 bits per heavy atom. The van der Waals surface area contributed by atoms with Gasteiger partial charge in [-0.1, -0.05) is 12.1 Å². The number of nitro groups is 1. The van der Waals surface area contributed by atoms with E-state index in [-0.39, 0.29) is 28.0 Å². The second kappa shape index (κ2) is 5.00. The molecule has 0 radical (unpaired) electrons. The third-order valence-corrected chi connectivity index (χ3v) is 3.48. The number of fused-ring (bicyclic) bond motifs is 1. The number of rotatable bonds is 2. The molecule has 0 bridgehead atoms. The van der Waals surface area contributed by atoms with Crippen LogP contribution >= 0.6 is 0 Å². The van der Waals surface area contributed by atoms with Gasteiger partial charge in [0.2, 0.25) is 5.43 Å². The molecule has 110 valence electrons. The normalized spacial score (nSPS) is 10.8. The van der Waals surface area contributed by atoms with Crippen molar-refractivity contribution in [2.24, 2.45) is 0 Å². The van der Waals surface area contributed by atoms with Crippen LogP contribution in [-0.2, 0) is 0 Å². The highest BCUT2D eigenvalue weighted by molar-refractivity contribution is 5.90. The van der Waals surface area contributed by atoms with Crippen LogP contribution in [0.2, 0.25) is 0 Å². The Morgan fingerprint density at radius 3 is 2.45 bits per heavy atom. The van der Waals surface area contributed by atoms with E-state index >= 15 is 0 Å². The molecule has 0 saturated heterocycles. The van der Waals surface area contributed by atoms with Gasteiger partial charge in [-0.05, 0) is 36.8 Å². The van der Waals surface area contributed by atoms with Gasteiger partial charge in [-0.2, -0.15) is 0 Å². The van der Waals surface area contributed by atoms with E-state index in [4.69, 9.17) is 4.42 Å². The lowest BCUT2D eigenvalue weighted by Gasteiger charge is -2.05. The summed E-state index contributed by atoms with van der Waals surface area (Å²) in [7, 11) is 0. The van der Waals surface area contributed by atoms with Crippen molar-refractivity contribution >= 4 is 16.7 Å². The number of aryl methyl sites for hydroxylation is 1. The third-order valence-electron chi connectivity index (χ3n) is 3.48. The van der Waals surface area contributed by atoms with Gasteiger partial charge in [-0.3, -0.25) is 14.9 Å². The smallest absolute Gasteiger partial charge is 0.287 e. The van der Waals surface area contributed by atoms with Crippen LogP contribution in [0.25, 0.3) is 22.1 Å². The molecular formula is C16H11NO5. The molecule has 6 nitrogen and oxygen atoms in total. The first-order valence-corrected chi connectivity index (χ1v) is 6.48. The number of nitrogens with zero attached hydrogens (tertiary/aromatic N) is 1. The first-order chi connectivity index (χ1) is 10.5. The predicted molar refractivity (Wildman–Crippen MR) is 81.0 cm³/mol. The van der Waals surface area contributed by atoms with Crippen molar-refractivity contribution in [2.45, 2.75) is 6.92 Å². The van der Waals surface area contributed by atoms with Gasteiger partial charge in [0.1, 0.15) is 23.0 Å². The molecule has 1 aromatic heterocycles. The summed E-state index contributed by atoms with van der Waals surface area (Å²) in [5.41, 5.74) is 0.581. The Bertz CT molecular complexity index is 941. The summed E-state index contributed by atoms with van der Waals surface area (Å²) in [5, 5.41) is 20.5. The second-order valence-electron chi connectivity index (χ2n) is 4.89. The third kappa shape index (κ3) is 2.10. The summed E-state index contributed by atoms with van der Waals surface area (Å²) in [6.45, 7) is 1.57. The molecule has 0 saturated carbocycles. The van der Waals surface area contributed by atoms with Crippen molar-refractivity contribution in [1.82, 2.24) is 0 Å². The lowest BCUT2D eigenvalue weighted by molar-refractivity contribution is -0.383. The molecule has 0 unspecified atom stereocenters. The fraction of sp³-hybridized carbons (Fsp3) is 0.0625. The van der Waals surface area contributed by atoms with E-state index in [0.717, 1.165) is 0 Å². The zero-order chi connectivity index (χ0) is 15.9. The summed E-state index contributed by atoms with van der Waals surface area (Å²) in [6.07, 6.45) is 1.27. The van der Waals surface area contributed by atoms with E-state index in [0.29, 0.717) is 11.1 Å². The molecule has 1 N–H and O–H groups in total. The topological polar surface area (TPSA) is 93.6 Å². The number of phenolic OH excluding ortho intramolecular Hbond substituents is 1. The van der Waals surface area contributed by atoms with Crippen molar-refractivity contribution < 1.29 is 14.4 Å². The van der Waals surface area contributed by atoms with Crippen LogP contribution in [0.5, 0.6) is 5.75 Å². The lowest BCUT2D eigenvalue weighted by Crippen LogP contribution is -2.08. The Labute approximate surface area is 124 Å². The van der Waals surface area contributed by atoms with Crippen LogP contribution in [-0.4, -0.2) is 10.0 Å². The molecule has 0 amide bonds. The molecule has 0 atom stereocenters. The van der Waals surface area contributed by atoms with E-state index in [1.54, 1.807) is 31.2 Å². The Kier molecular flexibility index (Phi) is 3.14. The molecule has 2 aromatic carbocycles. The quantitative estimate of drug-likeness (QED) is 0.578. The van der Waals surface area contributed by atoms with Gasteiger partial charge < -0.3 is 9.52 Å². The van der Waals surface area contributed by atoms with Crippen LogP contribution < -0.4 is 5.43 Å². The van der Waals surface area contributed by atoms with E-state index in [9.17, 15) is 20.0 Å². The first kappa shape index (κ1) is 13.8. The molecule has 6 heteroatoms. The van der Waals surface area contributed by atoms with Gasteiger partial charge in [0.05, 0.1) is 10.5 Å². The summed E-state index contributed by atoms with van der Waals surface area (Å²) in [4.78, 5) is 23.4. The van der Waals surface area contributed by atoms with Crippen molar-refractivity contribution in [2.75, 3.05) is 0 Å². The zero-order valence-corrected chi connectivity index (χ0v) is 11.6. The second-order valence-corrected chi connectivity index (χ2v) is 4.89. The fourth-order valence-electron chi connectivity index (χ4n) is 2.38. The number of hydrogen-bond acceptors (Lipinski definition) is 5. The van der Waals surface area contributed by atoms with Crippen LogP contribution in [0, 0.1) is 17.0 Å². The fourth-order valence-corrected chi connectivity index (χ4v) is 2.38. The van der Waals surface area contributed by atoms with Gasteiger partial charge in [0.25, 0.3) is 5.69 Å². The van der Waals surface area contributed by atoms with Crippen molar-refractivity contribution in [3.63, 3.8) is 0 Å². The number of benzene rings is 2. The van der Waals surface area contributed by atoms with Crippen molar-refractivity contribution in [1.29, 1.82) is 0 Å². The molecule has 1 heterocycles. The van der Waals surface area contributed by atoms with Crippen LogP contribution in [0.3, 0.4) is 0 Å². The molecule has 0 fully saturated rings. The average molecular weight is 297 g/mol. The minimum atomic E-state index is -0.574. The van der Waals surface area contributed by atoms with Crippen molar-refractivity contribution in [3.8, 4) is 16.9 Å². The zero-order valence-electron chi connectivity index (χ0n) is 11.6. The van der Waals surface area contributed by atoms with E-state index < -0.39 is 10.4 Å². The lowest BCUT2D eigenvalue weighted by atomic mass is 10.0. The summed E-state index contributed by atoms with van der Waals surface area (Å²) in [6, 6.07) is 9.06. The summed E-state index contributed by atoms with van der Waals surface area (Å²) < 4.78 is 5.39. The SMILES string of the molecule is Cc1ccc2occ(-c3ccc(O)cc3)c(=O)c2c1[N+](=O)[O-]. The highest BCUT2D eigenvalue weighted by atomic mass is 16.6. The van der Waals surface area contributed by atoms with E-state index in [1.807, 2.05) is 0 Å². The standard InChI is InChI=1S/C16H11NO5/c1-9-2-7-13-14(15(9)17(20)21)16(19)12(8-22-13)10-3-5-11(18)6-4-10/h2-8,18H,1H3. The van der Waals surface area contributed by atoms with Gasteiger partial charge in [0.15, 0.2) is 0 Å². The molecule has 3 rings (SSSR count). The maximum absolute atomic E-state index is 12.7. The first-order valence-electron chi connectivity index (χ1n) is 6.48. The molecule has 0 aliphatic rings. The molecule has 3 aromatic rings. The molecular weight excluding hydrogens is 286 g/mol. The largest absolute Gasteiger partial charge is 0.508 e. The minimum Gasteiger partial charge on any atom is -0.508 e. The van der Waals surface area contributed by atoms with E-state index in [2.05, 4.69) is 0 Å². The maximum Gasteiger partial charge on any atom is 0.287 e. The van der Waals surface area contributed by atoms with Gasteiger partial charge >= 0.3 is 0 Å². The Balaban J connectivity index is 2.38. The van der Waals surface area contributed by atoms with Gasteiger partial charge in [-0.15, -0.1) is 0 Å². The molecule has 22 heavy (non-hydrogen) atoms. The minimum absolute atomic E-state index is 0.0458. The number of phenols is 1. The highest BCUT2D eigenvalue weighted by Crippen LogP contribution is 2.29. The number of nitro benzene ring substituents is 1. The monoisotopic (exact) mass is 297 g/mol. The predicted octanol–water partition coefficient (Wildman–Crippen LogP) is 3.38. The van der Waals surface area contributed by atoms with Crippen LogP contribution in [0.15, 0.2) is 51.9 Å². The van der Waals surface area contributed by atoms with Crippen LogP contribution in [0.4, 0.5) is 5.69 Å². The molecule has 0 aliphatic carbocycles. The average Bonchev–Trinajstić information content (AvgIpc) is 2.49. The number of hydrogen-bond donors (Lipinski definition) is 1. The molecule has 0 aliphatic heterocycles.